The fourth-order valence-corrected chi connectivity index (χ4v) is 3.54. The molecule has 1 aliphatic heterocycles. The predicted octanol–water partition coefficient (Wildman–Crippen LogP) is 3.19. The van der Waals surface area contributed by atoms with Crippen molar-refractivity contribution in [2.24, 2.45) is 5.73 Å². The number of hydrogen-bond donors (Lipinski definition) is 1. The number of carbonyl (C=O) groups excluding carboxylic acids is 3. The van der Waals surface area contributed by atoms with Crippen LogP contribution in [-0.4, -0.2) is 35.2 Å². The number of thioether (sulfide) groups is 1. The SMILES string of the molecule is CCOc1cc(/C=C2\SC(=O)N(Cc3ccccc3)C2=O)ccc1OCC(N)=O. The van der Waals surface area contributed by atoms with Crippen LogP contribution in [0.4, 0.5) is 4.79 Å². The number of primary amides is 1. The zero-order valence-corrected chi connectivity index (χ0v) is 16.6. The summed E-state index contributed by atoms with van der Waals surface area (Å²) in [7, 11) is 0. The number of nitrogens with two attached hydrogens (primary N) is 1. The Morgan fingerprint density at radius 1 is 1.10 bits per heavy atom. The van der Waals surface area contributed by atoms with Gasteiger partial charge in [-0.15, -0.1) is 0 Å². The minimum Gasteiger partial charge on any atom is -0.490 e. The first kappa shape index (κ1) is 20.5. The lowest BCUT2D eigenvalue weighted by Gasteiger charge is -2.12. The van der Waals surface area contributed by atoms with Crippen molar-refractivity contribution in [3.05, 3.63) is 64.6 Å². The van der Waals surface area contributed by atoms with Crippen LogP contribution in [0.15, 0.2) is 53.4 Å². The second-order valence-electron chi connectivity index (χ2n) is 6.15. The molecule has 0 unspecified atom stereocenters. The van der Waals surface area contributed by atoms with Crippen molar-refractivity contribution in [2.75, 3.05) is 13.2 Å². The topological polar surface area (TPSA) is 98.9 Å². The first-order valence-corrected chi connectivity index (χ1v) is 9.77. The average Bonchev–Trinajstić information content (AvgIpc) is 2.96. The number of amides is 3. The Labute approximate surface area is 172 Å². The summed E-state index contributed by atoms with van der Waals surface area (Å²) in [5, 5.41) is -0.309. The van der Waals surface area contributed by atoms with Gasteiger partial charge in [0.05, 0.1) is 18.1 Å². The van der Waals surface area contributed by atoms with Gasteiger partial charge in [-0.3, -0.25) is 19.3 Å². The molecule has 29 heavy (non-hydrogen) atoms. The quantitative estimate of drug-likeness (QED) is 0.669. The minimum absolute atomic E-state index is 0.229. The maximum absolute atomic E-state index is 12.7. The molecule has 0 atom stereocenters. The summed E-state index contributed by atoms with van der Waals surface area (Å²) in [6, 6.07) is 14.4. The summed E-state index contributed by atoms with van der Waals surface area (Å²) < 4.78 is 10.9. The summed E-state index contributed by atoms with van der Waals surface area (Å²) in [4.78, 5) is 37.5. The highest BCUT2D eigenvalue weighted by atomic mass is 32.2. The molecule has 2 aromatic carbocycles. The fraction of sp³-hybridized carbons (Fsp3) is 0.190. The van der Waals surface area contributed by atoms with E-state index >= 15 is 0 Å². The molecule has 150 valence electrons. The molecule has 0 saturated carbocycles. The van der Waals surface area contributed by atoms with Crippen LogP contribution in [0.1, 0.15) is 18.1 Å². The molecular formula is C21H20N2O5S. The van der Waals surface area contributed by atoms with E-state index in [0.717, 1.165) is 17.3 Å². The maximum Gasteiger partial charge on any atom is 0.293 e. The molecule has 8 heteroatoms. The van der Waals surface area contributed by atoms with Gasteiger partial charge in [0, 0.05) is 0 Å². The van der Waals surface area contributed by atoms with E-state index in [1.807, 2.05) is 37.3 Å². The lowest BCUT2D eigenvalue weighted by atomic mass is 10.1. The third-order valence-corrected chi connectivity index (χ3v) is 4.90. The van der Waals surface area contributed by atoms with Crippen LogP contribution in [0.3, 0.4) is 0 Å². The van der Waals surface area contributed by atoms with Crippen molar-refractivity contribution in [1.29, 1.82) is 0 Å². The second-order valence-corrected chi connectivity index (χ2v) is 7.14. The van der Waals surface area contributed by atoms with Gasteiger partial charge in [0.15, 0.2) is 18.1 Å². The van der Waals surface area contributed by atoms with E-state index < -0.39 is 5.91 Å². The number of ether oxygens (including phenoxy) is 2. The van der Waals surface area contributed by atoms with Gasteiger partial charge < -0.3 is 15.2 Å². The number of benzene rings is 2. The van der Waals surface area contributed by atoms with Gasteiger partial charge >= 0.3 is 0 Å². The van der Waals surface area contributed by atoms with E-state index in [4.69, 9.17) is 15.2 Å². The van der Waals surface area contributed by atoms with Crippen LogP contribution in [0.25, 0.3) is 6.08 Å². The first-order chi connectivity index (χ1) is 14.0. The van der Waals surface area contributed by atoms with Crippen molar-refractivity contribution in [1.82, 2.24) is 4.90 Å². The van der Waals surface area contributed by atoms with Crippen LogP contribution in [0.5, 0.6) is 11.5 Å². The average molecular weight is 412 g/mol. The van der Waals surface area contributed by atoms with Gasteiger partial charge in [-0.2, -0.15) is 0 Å². The van der Waals surface area contributed by atoms with Crippen LogP contribution < -0.4 is 15.2 Å². The van der Waals surface area contributed by atoms with Crippen LogP contribution in [0.2, 0.25) is 0 Å². The van der Waals surface area contributed by atoms with Crippen molar-refractivity contribution >= 4 is 34.9 Å². The highest BCUT2D eigenvalue weighted by molar-refractivity contribution is 8.18. The van der Waals surface area contributed by atoms with E-state index in [0.29, 0.717) is 28.6 Å². The lowest BCUT2D eigenvalue weighted by molar-refractivity contribution is -0.123. The Balaban J connectivity index is 1.80. The van der Waals surface area contributed by atoms with Gasteiger partial charge in [0.1, 0.15) is 0 Å². The molecule has 1 saturated heterocycles. The largest absolute Gasteiger partial charge is 0.490 e. The van der Waals surface area contributed by atoms with Gasteiger partial charge in [0.2, 0.25) is 0 Å². The van der Waals surface area contributed by atoms with E-state index in [1.165, 1.54) is 4.90 Å². The Hall–Kier alpha value is -3.26. The number of carbonyl (C=O) groups is 3. The molecule has 2 aromatic rings. The van der Waals surface area contributed by atoms with E-state index in [2.05, 4.69) is 0 Å². The van der Waals surface area contributed by atoms with Crippen molar-refractivity contribution in [2.45, 2.75) is 13.5 Å². The predicted molar refractivity (Wildman–Crippen MR) is 110 cm³/mol. The van der Waals surface area contributed by atoms with Gasteiger partial charge in [0.25, 0.3) is 17.1 Å². The molecule has 3 rings (SSSR count). The zero-order chi connectivity index (χ0) is 20.8. The van der Waals surface area contributed by atoms with Crippen LogP contribution >= 0.6 is 11.8 Å². The van der Waals surface area contributed by atoms with E-state index in [-0.39, 0.29) is 24.3 Å². The van der Waals surface area contributed by atoms with Gasteiger partial charge in [-0.1, -0.05) is 36.4 Å². The Kier molecular flexibility index (Phi) is 6.56. The summed E-state index contributed by atoms with van der Waals surface area (Å²) in [5.41, 5.74) is 6.66. The number of hydrogen-bond acceptors (Lipinski definition) is 6. The molecule has 3 amide bonds. The van der Waals surface area contributed by atoms with Crippen LogP contribution in [0, 0.1) is 0 Å². The maximum atomic E-state index is 12.7. The molecule has 0 aromatic heterocycles. The molecule has 0 aliphatic carbocycles. The molecule has 1 heterocycles. The van der Waals surface area contributed by atoms with Gasteiger partial charge in [-0.05, 0) is 48.0 Å². The second kappa shape index (κ2) is 9.29. The summed E-state index contributed by atoms with van der Waals surface area (Å²) >= 11 is 0.899. The van der Waals surface area contributed by atoms with E-state index in [1.54, 1.807) is 24.3 Å². The zero-order valence-electron chi connectivity index (χ0n) is 15.8. The molecule has 0 bridgehead atoms. The smallest absolute Gasteiger partial charge is 0.293 e. The van der Waals surface area contributed by atoms with Crippen molar-refractivity contribution in [3.8, 4) is 11.5 Å². The van der Waals surface area contributed by atoms with Crippen molar-refractivity contribution < 1.29 is 23.9 Å². The summed E-state index contributed by atoms with van der Waals surface area (Å²) in [6.45, 7) is 2.17. The molecule has 1 fully saturated rings. The monoisotopic (exact) mass is 412 g/mol. The normalized spacial score (nSPS) is 15.1. The number of nitrogens with zero attached hydrogens (tertiary/aromatic N) is 1. The van der Waals surface area contributed by atoms with Gasteiger partial charge in [-0.25, -0.2) is 0 Å². The minimum atomic E-state index is -0.594. The molecular weight excluding hydrogens is 392 g/mol. The molecule has 2 N–H and O–H groups in total. The highest BCUT2D eigenvalue weighted by Gasteiger charge is 2.35. The summed E-state index contributed by atoms with van der Waals surface area (Å²) in [6.07, 6.45) is 1.64. The third kappa shape index (κ3) is 5.17. The lowest BCUT2D eigenvalue weighted by Crippen LogP contribution is -2.27. The van der Waals surface area contributed by atoms with Crippen LogP contribution in [-0.2, 0) is 16.1 Å². The van der Waals surface area contributed by atoms with E-state index in [9.17, 15) is 14.4 Å². The summed E-state index contributed by atoms with van der Waals surface area (Å²) in [5.74, 6) is -0.134. The molecule has 0 spiro atoms. The first-order valence-electron chi connectivity index (χ1n) is 8.95. The molecule has 0 radical (unpaired) electrons. The molecule has 1 aliphatic rings. The number of imide groups is 1. The number of rotatable bonds is 8. The third-order valence-electron chi connectivity index (χ3n) is 3.99. The highest BCUT2D eigenvalue weighted by Crippen LogP contribution is 2.35. The molecule has 7 nitrogen and oxygen atoms in total. The fourth-order valence-electron chi connectivity index (χ4n) is 2.70. The Morgan fingerprint density at radius 2 is 1.86 bits per heavy atom. The standard InChI is InChI=1S/C21H20N2O5S/c1-2-27-17-10-15(8-9-16(17)28-13-19(22)24)11-18-20(25)23(21(26)29-18)12-14-6-4-3-5-7-14/h3-11H,2,12-13H2,1H3,(H2,22,24)/b18-11-. The Bertz CT molecular complexity index is 959. The Morgan fingerprint density at radius 3 is 2.55 bits per heavy atom. The van der Waals surface area contributed by atoms with Crippen molar-refractivity contribution in [3.63, 3.8) is 0 Å².